The molecule has 2 aliphatic rings. The Morgan fingerprint density at radius 2 is 1.77 bits per heavy atom. The van der Waals surface area contributed by atoms with Crippen LogP contribution < -0.4 is 0 Å². The topological polar surface area (TPSA) is 137 Å². The van der Waals surface area contributed by atoms with Gasteiger partial charge in [-0.25, -0.2) is 17.9 Å². The largest absolute Gasteiger partial charge is 0.418 e. The van der Waals surface area contributed by atoms with Crippen molar-refractivity contribution in [2.75, 3.05) is 26.7 Å². The minimum Gasteiger partial charge on any atom is -0.394 e. The molecule has 1 aromatic carbocycles. The summed E-state index contributed by atoms with van der Waals surface area (Å²) in [6.45, 7) is -0.0417. The van der Waals surface area contributed by atoms with Gasteiger partial charge in [-0.1, -0.05) is 5.21 Å². The van der Waals surface area contributed by atoms with Gasteiger partial charge in [-0.2, -0.15) is 13.2 Å². The van der Waals surface area contributed by atoms with Crippen molar-refractivity contribution in [3.05, 3.63) is 65.4 Å². The first-order valence-corrected chi connectivity index (χ1v) is 14.5. The van der Waals surface area contributed by atoms with Crippen molar-refractivity contribution in [1.82, 2.24) is 24.9 Å². The molecule has 0 radical (unpaired) electrons. The van der Waals surface area contributed by atoms with E-state index in [9.17, 15) is 46.8 Å². The van der Waals surface area contributed by atoms with E-state index in [2.05, 4.69) is 15.3 Å². The van der Waals surface area contributed by atoms with Crippen LogP contribution in [-0.4, -0.2) is 101 Å². The van der Waals surface area contributed by atoms with Gasteiger partial charge in [-0.05, 0) is 44.2 Å². The second-order valence-electron chi connectivity index (χ2n) is 10.9. The second kappa shape index (κ2) is 12.5. The molecule has 3 aromatic rings. The summed E-state index contributed by atoms with van der Waals surface area (Å²) in [6, 6.07) is 1.89. The predicted molar refractivity (Wildman–Crippen MR) is 143 cm³/mol. The lowest BCUT2D eigenvalue weighted by atomic mass is 9.85. The molecule has 1 unspecified atom stereocenters. The molecule has 10 nitrogen and oxygen atoms in total. The van der Waals surface area contributed by atoms with Crippen LogP contribution in [0.5, 0.6) is 0 Å². The fourth-order valence-corrected chi connectivity index (χ4v) is 7.07. The first kappa shape index (κ1) is 32.6. The van der Waals surface area contributed by atoms with Crippen LogP contribution in [-0.2, 0) is 10.9 Å². The SMILES string of the molecule is CN1CCC(O)(C(S[C@@H]2O[C@H](CO)[C@H](O)[C@H](n3cc(-c4cc(F)c(F)c(F)c4)nn3)[C@H]2O)c2ncccc2C(F)(F)F)CC1. The number of thioether (sulfide) groups is 1. The third-order valence-electron chi connectivity index (χ3n) is 7.95. The van der Waals surface area contributed by atoms with Gasteiger partial charge < -0.3 is 30.1 Å². The van der Waals surface area contributed by atoms with Crippen LogP contribution in [0.3, 0.4) is 0 Å². The van der Waals surface area contributed by atoms with Crippen molar-refractivity contribution in [2.24, 2.45) is 0 Å². The minimum absolute atomic E-state index is 0.0740. The number of likely N-dealkylation sites (tertiary alicyclic amines) is 1. The van der Waals surface area contributed by atoms with Crippen LogP contribution in [0.2, 0.25) is 0 Å². The lowest BCUT2D eigenvalue weighted by Gasteiger charge is -2.46. The summed E-state index contributed by atoms with van der Waals surface area (Å²) in [7, 11) is 1.80. The van der Waals surface area contributed by atoms with E-state index >= 15 is 0 Å². The Labute approximate surface area is 251 Å². The normalized spacial score (nSPS) is 26.9. The van der Waals surface area contributed by atoms with E-state index in [1.807, 2.05) is 4.90 Å². The van der Waals surface area contributed by atoms with E-state index in [-0.39, 0.29) is 24.1 Å². The van der Waals surface area contributed by atoms with Gasteiger partial charge in [0, 0.05) is 24.8 Å². The Kier molecular flexibility index (Phi) is 9.28. The zero-order valence-corrected chi connectivity index (χ0v) is 23.9. The highest BCUT2D eigenvalue weighted by molar-refractivity contribution is 8.00. The quantitative estimate of drug-likeness (QED) is 0.224. The molecule has 0 aliphatic carbocycles. The molecular weight excluding hydrogens is 620 g/mol. The molecule has 6 atom stereocenters. The first-order chi connectivity index (χ1) is 20.7. The van der Waals surface area contributed by atoms with Gasteiger partial charge in [0.25, 0.3) is 0 Å². The summed E-state index contributed by atoms with van der Waals surface area (Å²) in [6.07, 6.45) is -7.11. The Bertz CT molecular complexity index is 1450. The summed E-state index contributed by atoms with van der Waals surface area (Å²) >= 11 is 0.664. The average Bonchev–Trinajstić information content (AvgIpc) is 3.46. The van der Waals surface area contributed by atoms with Crippen LogP contribution in [0.15, 0.2) is 36.7 Å². The molecule has 0 saturated carbocycles. The lowest BCUT2D eigenvalue weighted by molar-refractivity contribution is -0.179. The fraction of sp³-hybridized carbons (Fsp3) is 0.519. The van der Waals surface area contributed by atoms with Crippen molar-refractivity contribution in [2.45, 2.75) is 59.7 Å². The van der Waals surface area contributed by atoms with Crippen molar-refractivity contribution in [3.8, 4) is 11.3 Å². The lowest BCUT2D eigenvalue weighted by Crippen LogP contribution is -2.56. The summed E-state index contributed by atoms with van der Waals surface area (Å²) < 4.78 is 90.2. The van der Waals surface area contributed by atoms with Crippen molar-refractivity contribution < 1.29 is 51.5 Å². The van der Waals surface area contributed by atoms with Gasteiger partial charge in [-0.3, -0.25) is 4.98 Å². The number of rotatable bonds is 7. The van der Waals surface area contributed by atoms with Crippen molar-refractivity contribution in [3.63, 3.8) is 0 Å². The number of nitrogens with zero attached hydrogens (tertiary/aromatic N) is 5. The van der Waals surface area contributed by atoms with Crippen LogP contribution in [0.4, 0.5) is 26.3 Å². The van der Waals surface area contributed by atoms with Crippen molar-refractivity contribution >= 4 is 11.8 Å². The van der Waals surface area contributed by atoms with E-state index in [4.69, 9.17) is 4.74 Å². The molecule has 44 heavy (non-hydrogen) atoms. The third-order valence-corrected chi connectivity index (χ3v) is 9.54. The molecule has 0 amide bonds. The zero-order chi connectivity index (χ0) is 32.0. The molecule has 2 saturated heterocycles. The number of alkyl halides is 3. The summed E-state index contributed by atoms with van der Waals surface area (Å²) in [4.78, 5) is 5.90. The predicted octanol–water partition coefficient (Wildman–Crippen LogP) is 2.69. The van der Waals surface area contributed by atoms with Gasteiger partial charge in [0.1, 0.15) is 35.5 Å². The van der Waals surface area contributed by atoms with Gasteiger partial charge in [0.15, 0.2) is 17.5 Å². The fourth-order valence-electron chi connectivity index (χ4n) is 5.46. The molecule has 2 fully saturated rings. The Morgan fingerprint density at radius 3 is 2.39 bits per heavy atom. The van der Waals surface area contributed by atoms with Crippen molar-refractivity contribution in [1.29, 1.82) is 0 Å². The van der Waals surface area contributed by atoms with E-state index in [0.29, 0.717) is 37.0 Å². The number of aliphatic hydroxyl groups is 4. The smallest absolute Gasteiger partial charge is 0.394 e. The number of halogens is 6. The molecule has 5 rings (SSSR count). The van der Waals surface area contributed by atoms with Gasteiger partial charge in [-0.15, -0.1) is 16.9 Å². The summed E-state index contributed by atoms with van der Waals surface area (Å²) in [5.41, 5.74) is -5.06. The number of ether oxygens (including phenoxy) is 1. The molecule has 2 aliphatic heterocycles. The minimum atomic E-state index is -4.82. The van der Waals surface area contributed by atoms with E-state index in [1.165, 1.54) is 0 Å². The number of aromatic nitrogens is 4. The van der Waals surface area contributed by atoms with Crippen LogP contribution in [0.25, 0.3) is 11.3 Å². The van der Waals surface area contributed by atoms with Crippen LogP contribution >= 0.6 is 11.8 Å². The van der Waals surface area contributed by atoms with Crippen LogP contribution in [0.1, 0.15) is 35.4 Å². The number of pyridine rings is 1. The number of aliphatic hydroxyl groups excluding tert-OH is 3. The van der Waals surface area contributed by atoms with E-state index < -0.39 is 82.1 Å². The molecular formula is C27H29F6N5O5S. The Morgan fingerprint density at radius 1 is 1.11 bits per heavy atom. The molecule has 0 spiro atoms. The van der Waals surface area contributed by atoms with E-state index in [0.717, 1.165) is 29.2 Å². The maximum atomic E-state index is 14.1. The molecule has 0 bridgehead atoms. The Balaban J connectivity index is 1.51. The zero-order valence-electron chi connectivity index (χ0n) is 23.1. The molecule has 240 valence electrons. The standard InChI is InChI=1S/C27H29F6N5O5S/c1-37-7-4-26(42,5-8-37)24(20-14(27(31,32)33)3-2-6-34-20)44-25-23(41)21(22(40)18(12-39)43-25)38-11-17(35-36-38)13-9-15(28)19(30)16(29)10-13/h2-3,6,9-11,18,21-25,39-42H,4-5,7-8,12H2,1H3/t18-,21+,22+,23-,24?,25+/m1/s1. The van der Waals surface area contributed by atoms with Gasteiger partial charge >= 0.3 is 6.18 Å². The number of piperidine rings is 1. The molecule has 4 heterocycles. The summed E-state index contributed by atoms with van der Waals surface area (Å²) in [5, 5.41) is 50.4. The van der Waals surface area contributed by atoms with Gasteiger partial charge in [0.2, 0.25) is 0 Å². The maximum Gasteiger partial charge on any atom is 0.418 e. The second-order valence-corrected chi connectivity index (χ2v) is 12.1. The average molecular weight is 650 g/mol. The van der Waals surface area contributed by atoms with Crippen LogP contribution in [0, 0.1) is 17.5 Å². The highest BCUT2D eigenvalue weighted by atomic mass is 32.2. The number of hydrogen-bond acceptors (Lipinski definition) is 10. The third kappa shape index (κ3) is 6.31. The Hall–Kier alpha value is -2.80. The monoisotopic (exact) mass is 649 g/mol. The van der Waals surface area contributed by atoms with E-state index in [1.54, 1.807) is 7.05 Å². The van der Waals surface area contributed by atoms with Gasteiger partial charge in [0.05, 0.1) is 34.9 Å². The highest BCUT2D eigenvalue weighted by Crippen LogP contribution is 2.51. The highest BCUT2D eigenvalue weighted by Gasteiger charge is 2.51. The number of benzene rings is 1. The maximum absolute atomic E-state index is 14.1. The number of hydrogen-bond donors (Lipinski definition) is 4. The molecule has 2 aromatic heterocycles. The molecule has 4 N–H and O–H groups in total. The summed E-state index contributed by atoms with van der Waals surface area (Å²) in [5.74, 6) is -4.66. The first-order valence-electron chi connectivity index (χ1n) is 13.5. The molecule has 17 heteroatoms.